The predicted octanol–water partition coefficient (Wildman–Crippen LogP) is 6.33. The Kier molecular flexibility index (Phi) is 6.63. The molecule has 1 amide bonds. The second-order valence-corrected chi connectivity index (χ2v) is 8.20. The molecule has 3 aromatic carbocycles. The van der Waals surface area contributed by atoms with E-state index in [-0.39, 0.29) is 16.0 Å². The first-order chi connectivity index (χ1) is 15.5. The average Bonchev–Trinajstić information content (AvgIpc) is 3.21. The summed E-state index contributed by atoms with van der Waals surface area (Å²) < 4.78 is 5.13. The Morgan fingerprint density at radius 2 is 1.69 bits per heavy atom. The van der Waals surface area contributed by atoms with Crippen LogP contribution in [0.15, 0.2) is 54.6 Å². The number of carbonyl (C=O) groups excluding carboxylic acids is 1. The first-order valence-electron chi connectivity index (χ1n) is 10.3. The van der Waals surface area contributed by atoms with Crippen LogP contribution in [0.1, 0.15) is 35.7 Å². The van der Waals surface area contributed by atoms with Gasteiger partial charge in [0.15, 0.2) is 5.75 Å². The first kappa shape index (κ1) is 22.1. The molecule has 164 valence electrons. The van der Waals surface area contributed by atoms with E-state index in [2.05, 4.69) is 34.6 Å². The van der Waals surface area contributed by atoms with Crippen LogP contribution < -0.4 is 10.1 Å². The third-order valence-electron chi connectivity index (χ3n) is 5.09. The molecule has 0 saturated carbocycles. The Labute approximate surface area is 196 Å². The Morgan fingerprint density at radius 1 is 1.00 bits per heavy atom. The van der Waals surface area contributed by atoms with Crippen molar-refractivity contribution in [3.8, 4) is 11.4 Å². The number of anilines is 1. The van der Waals surface area contributed by atoms with Crippen LogP contribution in [0, 0.1) is 0 Å². The number of hydrogen-bond acceptors (Lipinski definition) is 4. The van der Waals surface area contributed by atoms with Crippen LogP contribution in [0.2, 0.25) is 10.0 Å². The van der Waals surface area contributed by atoms with E-state index in [1.54, 1.807) is 16.9 Å². The Bertz CT molecular complexity index is 1250. The van der Waals surface area contributed by atoms with E-state index in [4.69, 9.17) is 27.9 Å². The second kappa shape index (κ2) is 9.59. The van der Waals surface area contributed by atoms with Crippen molar-refractivity contribution in [3.05, 3.63) is 75.8 Å². The Balaban J connectivity index is 1.53. The summed E-state index contributed by atoms with van der Waals surface area (Å²) in [5.74, 6) is -0.00724. The minimum absolute atomic E-state index is 0.268. The van der Waals surface area contributed by atoms with Gasteiger partial charge in [-0.25, -0.2) is 0 Å². The molecule has 6 nitrogen and oxygen atoms in total. The zero-order valence-corrected chi connectivity index (χ0v) is 19.2. The van der Waals surface area contributed by atoms with Gasteiger partial charge in [-0.15, -0.1) is 10.2 Å². The van der Waals surface area contributed by atoms with Crippen LogP contribution in [0.3, 0.4) is 0 Å². The van der Waals surface area contributed by atoms with Crippen LogP contribution in [0.4, 0.5) is 5.69 Å². The van der Waals surface area contributed by atoms with Crippen molar-refractivity contribution in [2.45, 2.75) is 26.2 Å². The fraction of sp³-hybridized carbons (Fsp3) is 0.208. The number of ether oxygens (including phenoxy) is 1. The average molecular weight is 469 g/mol. The number of amides is 1. The molecule has 0 radical (unpaired) electrons. The normalized spacial score (nSPS) is 11.0. The quantitative estimate of drug-likeness (QED) is 0.343. The summed E-state index contributed by atoms with van der Waals surface area (Å²) in [5, 5.41) is 12.5. The van der Waals surface area contributed by atoms with Crippen molar-refractivity contribution in [1.82, 2.24) is 15.0 Å². The van der Waals surface area contributed by atoms with Gasteiger partial charge in [-0.05, 0) is 60.9 Å². The number of nitrogens with one attached hydrogen (secondary N) is 1. The van der Waals surface area contributed by atoms with Gasteiger partial charge in [0, 0.05) is 11.3 Å². The molecule has 0 spiro atoms. The Hall–Kier alpha value is -3.09. The molecule has 1 aromatic heterocycles. The number of unbranched alkanes of at least 4 members (excludes halogenated alkanes) is 1. The zero-order chi connectivity index (χ0) is 22.7. The zero-order valence-electron chi connectivity index (χ0n) is 17.7. The summed E-state index contributed by atoms with van der Waals surface area (Å²) in [5.41, 5.74) is 4.50. The third kappa shape index (κ3) is 4.71. The highest BCUT2D eigenvalue weighted by Crippen LogP contribution is 2.34. The molecule has 0 aliphatic carbocycles. The van der Waals surface area contributed by atoms with Crippen molar-refractivity contribution in [1.29, 1.82) is 0 Å². The standard InChI is InChI=1S/C24H22Cl2N4O2/c1-3-4-5-15-6-9-18(10-7-15)30-28-21-11-8-17(14-22(21)29-30)27-24(31)16-12-19(25)23(32-2)20(26)13-16/h6-14H,3-5H2,1-2H3,(H,27,31). The summed E-state index contributed by atoms with van der Waals surface area (Å²) in [4.78, 5) is 14.3. The maximum atomic E-state index is 12.7. The van der Waals surface area contributed by atoms with Gasteiger partial charge in [0.25, 0.3) is 5.91 Å². The molecular weight excluding hydrogens is 447 g/mol. The number of methoxy groups -OCH3 is 1. The molecule has 0 aliphatic heterocycles. The van der Waals surface area contributed by atoms with E-state index >= 15 is 0 Å². The third-order valence-corrected chi connectivity index (χ3v) is 5.65. The highest BCUT2D eigenvalue weighted by Gasteiger charge is 2.14. The van der Waals surface area contributed by atoms with Crippen LogP contribution in [-0.4, -0.2) is 28.0 Å². The largest absolute Gasteiger partial charge is 0.494 e. The number of nitrogens with zero attached hydrogens (tertiary/aromatic N) is 3. The fourth-order valence-electron chi connectivity index (χ4n) is 3.37. The van der Waals surface area contributed by atoms with Crippen molar-refractivity contribution in [3.63, 3.8) is 0 Å². The molecule has 4 aromatic rings. The van der Waals surface area contributed by atoms with Gasteiger partial charge in [-0.3, -0.25) is 4.79 Å². The molecule has 8 heteroatoms. The predicted molar refractivity (Wildman–Crippen MR) is 128 cm³/mol. The topological polar surface area (TPSA) is 69.0 Å². The SMILES string of the molecule is CCCCc1ccc(-n2nc3ccc(NC(=O)c4cc(Cl)c(OC)c(Cl)c4)cc3n2)cc1. The molecule has 0 unspecified atom stereocenters. The molecule has 0 aliphatic rings. The van der Waals surface area contributed by atoms with Crippen LogP contribution in [-0.2, 0) is 6.42 Å². The molecule has 1 heterocycles. The minimum atomic E-state index is -0.342. The van der Waals surface area contributed by atoms with Crippen molar-refractivity contribution >= 4 is 45.8 Å². The lowest BCUT2D eigenvalue weighted by molar-refractivity contribution is 0.102. The minimum Gasteiger partial charge on any atom is -0.494 e. The molecule has 4 rings (SSSR count). The molecule has 0 saturated heterocycles. The Morgan fingerprint density at radius 3 is 2.34 bits per heavy atom. The lowest BCUT2D eigenvalue weighted by atomic mass is 10.1. The van der Waals surface area contributed by atoms with Crippen molar-refractivity contribution in [2.75, 3.05) is 12.4 Å². The van der Waals surface area contributed by atoms with Gasteiger partial charge in [0.05, 0.1) is 22.8 Å². The number of halogens is 2. The molecule has 0 bridgehead atoms. The van der Waals surface area contributed by atoms with Gasteiger partial charge in [0.1, 0.15) is 11.0 Å². The van der Waals surface area contributed by atoms with E-state index in [0.717, 1.165) is 17.6 Å². The summed E-state index contributed by atoms with van der Waals surface area (Å²) in [7, 11) is 1.47. The molecule has 1 N–H and O–H groups in total. The van der Waals surface area contributed by atoms with Crippen LogP contribution in [0.5, 0.6) is 5.75 Å². The lowest BCUT2D eigenvalue weighted by Crippen LogP contribution is -2.12. The van der Waals surface area contributed by atoms with Gasteiger partial charge in [-0.1, -0.05) is 48.7 Å². The van der Waals surface area contributed by atoms with Gasteiger partial charge in [-0.2, -0.15) is 4.80 Å². The maximum absolute atomic E-state index is 12.7. The monoisotopic (exact) mass is 468 g/mol. The number of hydrogen-bond donors (Lipinski definition) is 1. The lowest BCUT2D eigenvalue weighted by Gasteiger charge is -2.09. The van der Waals surface area contributed by atoms with Gasteiger partial charge in [0.2, 0.25) is 0 Å². The number of carbonyl (C=O) groups is 1. The van der Waals surface area contributed by atoms with E-state index in [1.165, 1.54) is 37.6 Å². The molecular formula is C24H22Cl2N4O2. The van der Waals surface area contributed by atoms with Crippen LogP contribution in [0.25, 0.3) is 16.7 Å². The molecule has 0 fully saturated rings. The summed E-state index contributed by atoms with van der Waals surface area (Å²) in [6.07, 6.45) is 3.41. The van der Waals surface area contributed by atoms with Crippen molar-refractivity contribution < 1.29 is 9.53 Å². The number of benzene rings is 3. The highest BCUT2D eigenvalue weighted by molar-refractivity contribution is 6.37. The van der Waals surface area contributed by atoms with E-state index in [1.807, 2.05) is 18.2 Å². The molecule has 32 heavy (non-hydrogen) atoms. The maximum Gasteiger partial charge on any atom is 0.255 e. The van der Waals surface area contributed by atoms with E-state index in [9.17, 15) is 4.79 Å². The number of aryl methyl sites for hydroxylation is 1. The van der Waals surface area contributed by atoms with Gasteiger partial charge >= 0.3 is 0 Å². The van der Waals surface area contributed by atoms with Crippen molar-refractivity contribution in [2.24, 2.45) is 0 Å². The van der Waals surface area contributed by atoms with Gasteiger partial charge < -0.3 is 10.1 Å². The summed E-state index contributed by atoms with van der Waals surface area (Å²) >= 11 is 12.3. The number of fused-ring (bicyclic) bond motifs is 1. The highest BCUT2D eigenvalue weighted by atomic mass is 35.5. The smallest absolute Gasteiger partial charge is 0.255 e. The summed E-state index contributed by atoms with van der Waals surface area (Å²) in [6.45, 7) is 2.19. The van der Waals surface area contributed by atoms with E-state index in [0.29, 0.717) is 22.5 Å². The fourth-order valence-corrected chi connectivity index (χ4v) is 4.02. The molecule has 0 atom stereocenters. The summed E-state index contributed by atoms with van der Waals surface area (Å²) in [6, 6.07) is 16.6. The number of rotatable bonds is 7. The first-order valence-corrected chi connectivity index (χ1v) is 11.0. The second-order valence-electron chi connectivity index (χ2n) is 7.39. The van der Waals surface area contributed by atoms with Crippen LogP contribution >= 0.6 is 23.2 Å². The number of aromatic nitrogens is 3. The van der Waals surface area contributed by atoms with E-state index < -0.39 is 0 Å².